The molecule has 0 fully saturated rings. The predicted octanol–water partition coefficient (Wildman–Crippen LogP) is 2.58. The number of nitrogens with two attached hydrogens (primary N) is 1. The zero-order chi connectivity index (χ0) is 8.43. The van der Waals surface area contributed by atoms with Gasteiger partial charge in [-0.2, -0.15) is 0 Å². The van der Waals surface area contributed by atoms with Crippen LogP contribution in [-0.2, 0) is 0 Å². The summed E-state index contributed by atoms with van der Waals surface area (Å²) in [6.45, 7) is 3.63. The Labute approximate surface area is 78.2 Å². The lowest BCUT2D eigenvalue weighted by atomic mass is 10.1. The number of hydrogen-bond acceptors (Lipinski definition) is 1. The van der Waals surface area contributed by atoms with Crippen molar-refractivity contribution in [2.45, 2.75) is 19.9 Å². The number of rotatable bonds is 1. The molecule has 0 radical (unpaired) electrons. The quantitative estimate of drug-likeness (QED) is 0.722. The summed E-state index contributed by atoms with van der Waals surface area (Å²) in [4.78, 5) is 0. The van der Waals surface area contributed by atoms with Crippen molar-refractivity contribution in [3.8, 4) is 0 Å². The Morgan fingerprint density at radius 2 is 2.00 bits per heavy atom. The summed E-state index contributed by atoms with van der Waals surface area (Å²) in [6, 6.07) is 4.87. The third kappa shape index (κ3) is 2.47. The van der Waals surface area contributed by atoms with E-state index in [1.165, 1.54) is 6.07 Å². The highest BCUT2D eigenvalue weighted by atomic mass is 35.5. The highest BCUT2D eigenvalue weighted by Gasteiger charge is 2.05. The highest BCUT2D eigenvalue weighted by molar-refractivity contribution is 5.85. The summed E-state index contributed by atoms with van der Waals surface area (Å²) in [7, 11) is 0. The lowest BCUT2D eigenvalue weighted by molar-refractivity contribution is 0.592. The number of benzene rings is 1. The van der Waals surface area contributed by atoms with Gasteiger partial charge in [0.2, 0.25) is 0 Å². The third-order valence-electron chi connectivity index (χ3n) is 1.65. The van der Waals surface area contributed by atoms with E-state index >= 15 is 0 Å². The topological polar surface area (TPSA) is 26.0 Å². The van der Waals surface area contributed by atoms with Crippen molar-refractivity contribution in [1.82, 2.24) is 0 Å². The van der Waals surface area contributed by atoms with Gasteiger partial charge in [0, 0.05) is 11.6 Å². The first-order valence-electron chi connectivity index (χ1n) is 3.63. The van der Waals surface area contributed by atoms with Crippen LogP contribution >= 0.6 is 12.4 Å². The average Bonchev–Trinajstić information content (AvgIpc) is 1.85. The van der Waals surface area contributed by atoms with Crippen molar-refractivity contribution < 1.29 is 4.39 Å². The predicted molar refractivity (Wildman–Crippen MR) is 51.0 cm³/mol. The fourth-order valence-electron chi connectivity index (χ4n) is 1.00. The molecule has 0 heterocycles. The second-order valence-electron chi connectivity index (χ2n) is 2.81. The maximum atomic E-state index is 13.0. The van der Waals surface area contributed by atoms with Crippen molar-refractivity contribution in [1.29, 1.82) is 0 Å². The molecule has 0 saturated carbocycles. The van der Waals surface area contributed by atoms with Gasteiger partial charge in [0.25, 0.3) is 0 Å². The van der Waals surface area contributed by atoms with Gasteiger partial charge in [0.1, 0.15) is 5.82 Å². The second kappa shape index (κ2) is 4.43. The molecule has 0 bridgehead atoms. The Morgan fingerprint density at radius 1 is 1.42 bits per heavy atom. The molecule has 12 heavy (non-hydrogen) atoms. The molecule has 0 amide bonds. The van der Waals surface area contributed by atoms with Crippen LogP contribution in [0.2, 0.25) is 0 Å². The fourth-order valence-corrected chi connectivity index (χ4v) is 1.00. The first kappa shape index (κ1) is 11.4. The van der Waals surface area contributed by atoms with Crippen LogP contribution < -0.4 is 5.73 Å². The minimum Gasteiger partial charge on any atom is -0.324 e. The summed E-state index contributed by atoms with van der Waals surface area (Å²) < 4.78 is 13.0. The van der Waals surface area contributed by atoms with E-state index in [0.717, 1.165) is 5.56 Å². The Balaban J connectivity index is 0.00000121. The minimum atomic E-state index is -0.226. The molecular weight excluding hydrogens is 177 g/mol. The van der Waals surface area contributed by atoms with Gasteiger partial charge < -0.3 is 5.73 Å². The Bertz CT molecular complexity index is 261. The summed E-state index contributed by atoms with van der Waals surface area (Å²) in [6.07, 6.45) is 0. The molecule has 0 aliphatic carbocycles. The standard InChI is InChI=1S/C9H12FN.ClH/c1-6-3-4-8(7(2)11)9(10)5-6;/h3-5,7H,11H2,1-2H3;1H. The molecule has 0 spiro atoms. The van der Waals surface area contributed by atoms with Gasteiger partial charge in [-0.3, -0.25) is 0 Å². The second-order valence-corrected chi connectivity index (χ2v) is 2.81. The van der Waals surface area contributed by atoms with Gasteiger partial charge in [-0.25, -0.2) is 4.39 Å². The van der Waals surface area contributed by atoms with Crippen LogP contribution in [0, 0.1) is 12.7 Å². The van der Waals surface area contributed by atoms with Gasteiger partial charge in [-0.15, -0.1) is 12.4 Å². The van der Waals surface area contributed by atoms with E-state index < -0.39 is 0 Å². The first-order valence-corrected chi connectivity index (χ1v) is 3.63. The summed E-state index contributed by atoms with van der Waals surface area (Å²) in [5.74, 6) is -0.208. The smallest absolute Gasteiger partial charge is 0.128 e. The van der Waals surface area contributed by atoms with E-state index in [9.17, 15) is 4.39 Å². The maximum Gasteiger partial charge on any atom is 0.128 e. The van der Waals surface area contributed by atoms with Crippen LogP contribution in [0.1, 0.15) is 24.1 Å². The molecule has 1 aromatic carbocycles. The molecule has 68 valence electrons. The van der Waals surface area contributed by atoms with Crippen molar-refractivity contribution >= 4 is 12.4 Å². The van der Waals surface area contributed by atoms with Crippen molar-refractivity contribution in [3.05, 3.63) is 35.1 Å². The largest absolute Gasteiger partial charge is 0.324 e. The van der Waals surface area contributed by atoms with Gasteiger partial charge in [0.05, 0.1) is 0 Å². The molecule has 1 aromatic rings. The molecule has 2 N–H and O–H groups in total. The maximum absolute atomic E-state index is 13.0. The molecule has 0 aliphatic rings. The first-order chi connectivity index (χ1) is 5.11. The molecule has 1 unspecified atom stereocenters. The summed E-state index contributed by atoms with van der Waals surface area (Å²) in [5, 5.41) is 0. The molecule has 1 atom stereocenters. The molecule has 1 nitrogen and oxygen atoms in total. The van der Waals surface area contributed by atoms with Gasteiger partial charge in [0.15, 0.2) is 0 Å². The number of halogens is 2. The van der Waals surface area contributed by atoms with Gasteiger partial charge in [-0.1, -0.05) is 12.1 Å². The van der Waals surface area contributed by atoms with E-state index in [0.29, 0.717) is 5.56 Å². The van der Waals surface area contributed by atoms with E-state index in [2.05, 4.69) is 0 Å². The number of hydrogen-bond donors (Lipinski definition) is 1. The molecule has 3 heteroatoms. The Morgan fingerprint density at radius 3 is 2.42 bits per heavy atom. The van der Waals surface area contributed by atoms with Crippen LogP contribution in [0.3, 0.4) is 0 Å². The number of aryl methyl sites for hydroxylation is 1. The SMILES string of the molecule is Cc1ccc(C(C)N)c(F)c1.Cl. The zero-order valence-electron chi connectivity index (χ0n) is 7.17. The van der Waals surface area contributed by atoms with E-state index in [4.69, 9.17) is 5.73 Å². The lowest BCUT2D eigenvalue weighted by Crippen LogP contribution is -2.07. The van der Waals surface area contributed by atoms with E-state index in [-0.39, 0.29) is 24.3 Å². The van der Waals surface area contributed by atoms with Crippen LogP contribution in [0.25, 0.3) is 0 Å². The third-order valence-corrected chi connectivity index (χ3v) is 1.65. The van der Waals surface area contributed by atoms with E-state index in [1.807, 2.05) is 13.0 Å². The lowest BCUT2D eigenvalue weighted by Gasteiger charge is -2.06. The van der Waals surface area contributed by atoms with Crippen molar-refractivity contribution in [2.75, 3.05) is 0 Å². The van der Waals surface area contributed by atoms with Crippen molar-refractivity contribution in [3.63, 3.8) is 0 Å². The van der Waals surface area contributed by atoms with Crippen LogP contribution in [0.4, 0.5) is 4.39 Å². The highest BCUT2D eigenvalue weighted by Crippen LogP contribution is 2.15. The molecular formula is C9H13ClFN. The minimum absolute atomic E-state index is 0. The van der Waals surface area contributed by atoms with Crippen LogP contribution in [-0.4, -0.2) is 0 Å². The molecule has 0 saturated heterocycles. The fraction of sp³-hybridized carbons (Fsp3) is 0.333. The monoisotopic (exact) mass is 189 g/mol. The molecule has 1 rings (SSSR count). The van der Waals surface area contributed by atoms with Crippen molar-refractivity contribution in [2.24, 2.45) is 5.73 Å². The normalized spacial score (nSPS) is 12.0. The Hall–Kier alpha value is -0.600. The summed E-state index contributed by atoms with van der Waals surface area (Å²) in [5.41, 5.74) is 7.03. The van der Waals surface area contributed by atoms with Gasteiger partial charge in [-0.05, 0) is 25.5 Å². The van der Waals surface area contributed by atoms with Gasteiger partial charge >= 0.3 is 0 Å². The Kier molecular flexibility index (Phi) is 4.21. The van der Waals surface area contributed by atoms with E-state index in [1.54, 1.807) is 13.0 Å². The zero-order valence-corrected chi connectivity index (χ0v) is 7.99. The van der Waals surface area contributed by atoms with Crippen LogP contribution in [0.15, 0.2) is 18.2 Å². The summed E-state index contributed by atoms with van der Waals surface area (Å²) >= 11 is 0. The molecule has 0 aliphatic heterocycles. The molecule has 0 aromatic heterocycles. The average molecular weight is 190 g/mol. The van der Waals surface area contributed by atoms with Crippen LogP contribution in [0.5, 0.6) is 0 Å².